The van der Waals surface area contributed by atoms with Crippen LogP contribution < -0.4 is 4.90 Å². The van der Waals surface area contributed by atoms with Gasteiger partial charge in [0.15, 0.2) is 4.33 Å². The van der Waals surface area contributed by atoms with E-state index in [1.54, 1.807) is 0 Å². The molecule has 0 atom stereocenters. The van der Waals surface area contributed by atoms with E-state index in [1.807, 2.05) is 27.7 Å². The van der Waals surface area contributed by atoms with Gasteiger partial charge in [-0.05, 0) is 25.0 Å². The van der Waals surface area contributed by atoms with Crippen molar-refractivity contribution in [3.8, 4) is 0 Å². The normalized spacial score (nSPS) is 15.9. The molecule has 7 heteroatoms. The summed E-state index contributed by atoms with van der Waals surface area (Å²) >= 11 is 11.8. The van der Waals surface area contributed by atoms with Crippen LogP contribution in [0.15, 0.2) is 24.3 Å². The molecular weight excluding hydrogens is 327 g/mol. The second kappa shape index (κ2) is 9.64. The van der Waals surface area contributed by atoms with Gasteiger partial charge in [-0.2, -0.15) is 0 Å². The lowest BCUT2D eigenvalue weighted by molar-refractivity contribution is -0.384. The Bertz CT molecular complexity index is 490. The summed E-state index contributed by atoms with van der Waals surface area (Å²) in [5, 5.41) is 10.5. The highest BCUT2D eigenvalue weighted by Crippen LogP contribution is 2.35. The number of carbonyl (C=O) groups is 1. The van der Waals surface area contributed by atoms with Gasteiger partial charge in [0.05, 0.1) is 4.92 Å². The van der Waals surface area contributed by atoms with Gasteiger partial charge in [0, 0.05) is 24.4 Å². The van der Waals surface area contributed by atoms with Crippen molar-refractivity contribution in [3.63, 3.8) is 0 Å². The fourth-order valence-electron chi connectivity index (χ4n) is 1.87. The molecule has 0 unspecified atom stereocenters. The highest BCUT2D eigenvalue weighted by molar-refractivity contribution is 6.59. The molecule has 1 aliphatic rings. The minimum atomic E-state index is -1.40. The van der Waals surface area contributed by atoms with E-state index >= 15 is 0 Å². The van der Waals surface area contributed by atoms with Crippen molar-refractivity contribution < 1.29 is 9.72 Å². The molecule has 0 N–H and O–H groups in total. The second-order valence-electron chi connectivity index (χ2n) is 4.04. The Labute approximate surface area is 141 Å². The number of anilines is 1. The summed E-state index contributed by atoms with van der Waals surface area (Å²) in [4.78, 5) is 23.5. The number of rotatable bonds is 2. The topological polar surface area (TPSA) is 63.5 Å². The first-order valence-electron chi connectivity index (χ1n) is 7.36. The Balaban J connectivity index is 0.00000102. The summed E-state index contributed by atoms with van der Waals surface area (Å²) in [6.45, 7) is 8.51. The van der Waals surface area contributed by atoms with Crippen LogP contribution in [-0.2, 0) is 4.79 Å². The molecule has 1 heterocycles. The lowest BCUT2D eigenvalue weighted by Crippen LogP contribution is -2.47. The number of piperidine rings is 1. The predicted octanol–water partition coefficient (Wildman–Crippen LogP) is 4.95. The number of hydrogen-bond acceptors (Lipinski definition) is 3. The van der Waals surface area contributed by atoms with Gasteiger partial charge in [0.1, 0.15) is 0 Å². The lowest BCUT2D eigenvalue weighted by atomic mass is 10.1. The third-order valence-corrected chi connectivity index (χ3v) is 3.50. The maximum absolute atomic E-state index is 12.0. The number of nitrogens with zero attached hydrogens (tertiary/aromatic N) is 2. The number of nitro benzene ring substituents is 1. The average Bonchev–Trinajstić information content (AvgIpc) is 2.54. The monoisotopic (exact) mass is 348 g/mol. The molecule has 0 saturated carbocycles. The first-order valence-corrected chi connectivity index (χ1v) is 8.12. The quantitative estimate of drug-likeness (QED) is 0.431. The molecule has 1 amide bonds. The van der Waals surface area contributed by atoms with E-state index < -0.39 is 9.26 Å². The average molecular weight is 349 g/mol. The molecule has 0 radical (unpaired) electrons. The van der Waals surface area contributed by atoms with Crippen LogP contribution in [0.25, 0.3) is 0 Å². The minimum absolute atomic E-state index is 0.0220. The SMILES string of the molecule is CC.CC.O=C1N(c2ccc([N+](=O)[O-])cc2)CCCC1(Cl)Cl. The lowest BCUT2D eigenvalue weighted by Gasteiger charge is -2.33. The molecule has 1 aromatic rings. The maximum Gasteiger partial charge on any atom is 0.269 e. The molecule has 0 aliphatic carbocycles. The fraction of sp³-hybridized carbons (Fsp3) is 0.533. The molecule has 5 nitrogen and oxygen atoms in total. The number of non-ortho nitro benzene ring substituents is 1. The van der Waals surface area contributed by atoms with Gasteiger partial charge in [-0.25, -0.2) is 0 Å². The van der Waals surface area contributed by atoms with Crippen LogP contribution in [-0.4, -0.2) is 21.7 Å². The van der Waals surface area contributed by atoms with Crippen molar-refractivity contribution in [3.05, 3.63) is 34.4 Å². The van der Waals surface area contributed by atoms with E-state index in [-0.39, 0.29) is 11.6 Å². The molecule has 124 valence electrons. The van der Waals surface area contributed by atoms with Crippen LogP contribution in [0.2, 0.25) is 0 Å². The van der Waals surface area contributed by atoms with Crippen molar-refractivity contribution in [1.82, 2.24) is 0 Å². The summed E-state index contributed by atoms with van der Waals surface area (Å²) < 4.78 is -1.40. The largest absolute Gasteiger partial charge is 0.310 e. The standard InChI is InChI=1S/C11H10Cl2N2O3.2C2H6/c12-11(13)6-1-7-14(10(11)16)8-2-4-9(5-3-8)15(17)18;2*1-2/h2-5H,1,6-7H2;2*1-2H3. The summed E-state index contributed by atoms with van der Waals surface area (Å²) in [5.74, 6) is -0.383. The fourth-order valence-corrected chi connectivity index (χ4v) is 2.34. The minimum Gasteiger partial charge on any atom is -0.310 e. The highest BCUT2D eigenvalue weighted by atomic mass is 35.5. The molecule has 0 spiro atoms. The van der Waals surface area contributed by atoms with Gasteiger partial charge in [-0.3, -0.25) is 14.9 Å². The molecule has 0 aromatic heterocycles. The van der Waals surface area contributed by atoms with Gasteiger partial charge < -0.3 is 4.90 Å². The van der Waals surface area contributed by atoms with Crippen LogP contribution >= 0.6 is 23.2 Å². The summed E-state index contributed by atoms with van der Waals surface area (Å²) in [6.07, 6.45) is 1.11. The number of hydrogen-bond donors (Lipinski definition) is 0. The number of benzene rings is 1. The zero-order valence-electron chi connectivity index (χ0n) is 13.3. The zero-order valence-corrected chi connectivity index (χ0v) is 14.8. The van der Waals surface area contributed by atoms with Crippen molar-refractivity contribution in [2.75, 3.05) is 11.4 Å². The van der Waals surface area contributed by atoms with Crippen LogP contribution in [0.5, 0.6) is 0 Å². The van der Waals surface area contributed by atoms with E-state index in [1.165, 1.54) is 29.2 Å². The third-order valence-electron chi connectivity index (χ3n) is 2.80. The first-order chi connectivity index (χ1) is 10.4. The smallest absolute Gasteiger partial charge is 0.269 e. The van der Waals surface area contributed by atoms with E-state index in [0.29, 0.717) is 25.1 Å². The number of alkyl halides is 2. The Morgan fingerprint density at radius 1 is 1.14 bits per heavy atom. The van der Waals surface area contributed by atoms with E-state index in [0.717, 1.165) is 0 Å². The van der Waals surface area contributed by atoms with Crippen LogP contribution in [0.1, 0.15) is 40.5 Å². The number of amides is 1. The van der Waals surface area contributed by atoms with Gasteiger partial charge in [-0.15, -0.1) is 0 Å². The molecule has 0 bridgehead atoms. The number of carbonyl (C=O) groups excluding carboxylic acids is 1. The Morgan fingerprint density at radius 2 is 1.64 bits per heavy atom. The first kappa shape index (κ1) is 20.7. The van der Waals surface area contributed by atoms with Crippen molar-refractivity contribution in [1.29, 1.82) is 0 Å². The number of nitro groups is 1. The zero-order chi connectivity index (χ0) is 17.3. The Kier molecular flexibility index (Phi) is 9.06. The Hall–Kier alpha value is -1.33. The third kappa shape index (κ3) is 5.14. The second-order valence-corrected chi connectivity index (χ2v) is 5.52. The Morgan fingerprint density at radius 3 is 2.09 bits per heavy atom. The molecule has 1 saturated heterocycles. The van der Waals surface area contributed by atoms with E-state index in [2.05, 4.69) is 0 Å². The summed E-state index contributed by atoms with van der Waals surface area (Å²) in [6, 6.07) is 5.74. The number of halogens is 2. The van der Waals surface area contributed by atoms with E-state index in [4.69, 9.17) is 23.2 Å². The van der Waals surface area contributed by atoms with Crippen LogP contribution in [0, 0.1) is 10.1 Å². The van der Waals surface area contributed by atoms with Gasteiger partial charge in [0.25, 0.3) is 11.6 Å². The van der Waals surface area contributed by atoms with Crippen LogP contribution in [0.3, 0.4) is 0 Å². The van der Waals surface area contributed by atoms with Gasteiger partial charge >= 0.3 is 0 Å². The van der Waals surface area contributed by atoms with Crippen molar-refractivity contribution >= 4 is 40.5 Å². The van der Waals surface area contributed by atoms with Gasteiger partial charge in [-0.1, -0.05) is 50.9 Å². The van der Waals surface area contributed by atoms with Gasteiger partial charge in [0.2, 0.25) is 0 Å². The maximum atomic E-state index is 12.0. The molecule has 1 aromatic carbocycles. The van der Waals surface area contributed by atoms with Crippen molar-refractivity contribution in [2.24, 2.45) is 0 Å². The molecule has 1 aliphatic heterocycles. The molecular formula is C15H22Cl2N2O3. The highest BCUT2D eigenvalue weighted by Gasteiger charge is 2.41. The summed E-state index contributed by atoms with van der Waals surface area (Å²) in [7, 11) is 0. The van der Waals surface area contributed by atoms with Crippen molar-refractivity contribution in [2.45, 2.75) is 44.9 Å². The molecule has 1 fully saturated rings. The van der Waals surface area contributed by atoms with Crippen LogP contribution in [0.4, 0.5) is 11.4 Å². The molecule has 22 heavy (non-hydrogen) atoms. The summed E-state index contributed by atoms with van der Waals surface area (Å²) in [5.41, 5.74) is 0.544. The predicted molar refractivity (Wildman–Crippen MR) is 91.8 cm³/mol. The molecule has 2 rings (SSSR count). The van der Waals surface area contributed by atoms with E-state index in [9.17, 15) is 14.9 Å².